The highest BCUT2D eigenvalue weighted by atomic mass is 79.9. The van der Waals surface area contributed by atoms with Crippen LogP contribution in [0.2, 0.25) is 0 Å². The molecule has 1 N–H and O–H groups in total. The molecule has 0 radical (unpaired) electrons. The first-order chi connectivity index (χ1) is 9.95. The monoisotopic (exact) mass is 351 g/mol. The molecule has 21 heavy (non-hydrogen) atoms. The van der Waals surface area contributed by atoms with Gasteiger partial charge in [-0.3, -0.25) is 4.79 Å². The summed E-state index contributed by atoms with van der Waals surface area (Å²) in [5.41, 5.74) is 0.854. The van der Waals surface area contributed by atoms with E-state index in [1.54, 1.807) is 36.4 Å². The zero-order valence-corrected chi connectivity index (χ0v) is 13.3. The van der Waals surface area contributed by atoms with Gasteiger partial charge < -0.3 is 10.1 Å². The summed E-state index contributed by atoms with van der Waals surface area (Å²) in [6.07, 6.45) is 0.0314. The number of hydrogen-bond acceptors (Lipinski definition) is 2. The lowest BCUT2D eigenvalue weighted by molar-refractivity contribution is 0.102. The van der Waals surface area contributed by atoms with Gasteiger partial charge in [0.25, 0.3) is 5.91 Å². The zero-order valence-electron chi connectivity index (χ0n) is 11.7. The number of amides is 1. The average Bonchev–Trinajstić information content (AvgIpc) is 2.42. The third kappa shape index (κ3) is 4.29. The second-order valence-electron chi connectivity index (χ2n) is 4.78. The molecule has 0 atom stereocenters. The summed E-state index contributed by atoms with van der Waals surface area (Å²) in [7, 11) is 0. The molecule has 0 unspecified atom stereocenters. The molecule has 3 nitrogen and oxygen atoms in total. The summed E-state index contributed by atoms with van der Waals surface area (Å²) in [4.78, 5) is 12.1. The zero-order chi connectivity index (χ0) is 15.4. The van der Waals surface area contributed by atoms with Crippen molar-refractivity contribution < 1.29 is 13.9 Å². The van der Waals surface area contributed by atoms with Crippen molar-refractivity contribution in [1.29, 1.82) is 0 Å². The van der Waals surface area contributed by atoms with Crippen LogP contribution >= 0.6 is 15.9 Å². The first-order valence-corrected chi connectivity index (χ1v) is 7.28. The molecule has 0 aliphatic heterocycles. The van der Waals surface area contributed by atoms with E-state index in [0.29, 0.717) is 21.5 Å². The summed E-state index contributed by atoms with van der Waals surface area (Å²) in [6, 6.07) is 11.3. The molecule has 0 heterocycles. The van der Waals surface area contributed by atoms with Crippen molar-refractivity contribution in [3.63, 3.8) is 0 Å². The molecule has 0 saturated heterocycles. The molecule has 0 spiro atoms. The molecule has 0 bridgehead atoms. The van der Waals surface area contributed by atoms with Crippen LogP contribution in [0.3, 0.4) is 0 Å². The van der Waals surface area contributed by atoms with Gasteiger partial charge in [-0.05, 0) is 66.2 Å². The third-order valence-corrected chi connectivity index (χ3v) is 3.29. The standard InChI is InChI=1S/C16H15BrFNO2/c1-10(2)21-13-5-3-4-11(8-13)16(20)19-12-6-7-14(17)15(18)9-12/h3-10H,1-2H3,(H,19,20). The van der Waals surface area contributed by atoms with E-state index in [2.05, 4.69) is 21.2 Å². The molecule has 2 aromatic rings. The van der Waals surface area contributed by atoms with E-state index in [1.807, 2.05) is 13.8 Å². The normalized spacial score (nSPS) is 10.5. The maximum absolute atomic E-state index is 13.4. The molecule has 2 rings (SSSR count). The molecule has 0 aromatic heterocycles. The fraction of sp³-hybridized carbons (Fsp3) is 0.188. The number of rotatable bonds is 4. The van der Waals surface area contributed by atoms with Gasteiger partial charge >= 0.3 is 0 Å². The Labute approximate surface area is 131 Å². The predicted molar refractivity (Wildman–Crippen MR) is 84.3 cm³/mol. The smallest absolute Gasteiger partial charge is 0.255 e. The lowest BCUT2D eigenvalue weighted by Gasteiger charge is -2.11. The maximum atomic E-state index is 13.4. The minimum atomic E-state index is -0.426. The summed E-state index contributed by atoms with van der Waals surface area (Å²) >= 11 is 3.07. The molecule has 1 amide bonds. The lowest BCUT2D eigenvalue weighted by atomic mass is 10.2. The van der Waals surface area contributed by atoms with Crippen LogP contribution in [-0.4, -0.2) is 12.0 Å². The van der Waals surface area contributed by atoms with E-state index < -0.39 is 5.82 Å². The van der Waals surface area contributed by atoms with Crippen LogP contribution in [0.25, 0.3) is 0 Å². The van der Waals surface area contributed by atoms with E-state index in [9.17, 15) is 9.18 Å². The van der Waals surface area contributed by atoms with Crippen molar-refractivity contribution in [1.82, 2.24) is 0 Å². The predicted octanol–water partition coefficient (Wildman–Crippen LogP) is 4.63. The number of ether oxygens (including phenoxy) is 1. The number of carbonyl (C=O) groups excluding carboxylic acids is 1. The topological polar surface area (TPSA) is 38.3 Å². The van der Waals surface area contributed by atoms with Crippen molar-refractivity contribution in [3.8, 4) is 5.75 Å². The van der Waals surface area contributed by atoms with Gasteiger partial charge in [0.05, 0.1) is 10.6 Å². The molecule has 0 aliphatic carbocycles. The molecule has 0 fully saturated rings. The van der Waals surface area contributed by atoms with Crippen LogP contribution < -0.4 is 10.1 Å². The highest BCUT2D eigenvalue weighted by Crippen LogP contribution is 2.21. The van der Waals surface area contributed by atoms with Crippen molar-refractivity contribution in [2.24, 2.45) is 0 Å². The van der Waals surface area contributed by atoms with Crippen molar-refractivity contribution in [2.45, 2.75) is 20.0 Å². The van der Waals surface area contributed by atoms with E-state index in [4.69, 9.17) is 4.74 Å². The van der Waals surface area contributed by atoms with E-state index in [1.165, 1.54) is 6.07 Å². The highest BCUT2D eigenvalue weighted by Gasteiger charge is 2.09. The van der Waals surface area contributed by atoms with Gasteiger partial charge in [0, 0.05) is 11.3 Å². The number of carbonyl (C=O) groups is 1. The first kappa shape index (κ1) is 15.5. The summed E-state index contributed by atoms with van der Waals surface area (Å²) < 4.78 is 19.3. The minimum Gasteiger partial charge on any atom is -0.491 e. The van der Waals surface area contributed by atoms with Gasteiger partial charge in [0.15, 0.2) is 0 Å². The molecule has 0 saturated carbocycles. The van der Waals surface area contributed by atoms with Crippen molar-refractivity contribution >= 4 is 27.5 Å². The highest BCUT2D eigenvalue weighted by molar-refractivity contribution is 9.10. The Morgan fingerprint density at radius 3 is 2.67 bits per heavy atom. The molecule has 5 heteroatoms. The second-order valence-corrected chi connectivity index (χ2v) is 5.63. The number of nitrogens with one attached hydrogen (secondary N) is 1. The number of benzene rings is 2. The van der Waals surface area contributed by atoms with Gasteiger partial charge in [-0.25, -0.2) is 4.39 Å². The Morgan fingerprint density at radius 2 is 2.00 bits per heavy atom. The Hall–Kier alpha value is -1.88. The van der Waals surface area contributed by atoms with Gasteiger partial charge in [-0.2, -0.15) is 0 Å². The molecular weight excluding hydrogens is 337 g/mol. The fourth-order valence-corrected chi connectivity index (χ4v) is 2.01. The van der Waals surface area contributed by atoms with Crippen LogP contribution in [0.5, 0.6) is 5.75 Å². The Kier molecular flexibility index (Phi) is 4.96. The molecule has 110 valence electrons. The molecular formula is C16H15BrFNO2. The average molecular weight is 352 g/mol. The largest absolute Gasteiger partial charge is 0.491 e. The van der Waals surface area contributed by atoms with Gasteiger partial charge in [0.1, 0.15) is 11.6 Å². The molecule has 2 aromatic carbocycles. The maximum Gasteiger partial charge on any atom is 0.255 e. The Morgan fingerprint density at radius 1 is 1.24 bits per heavy atom. The quantitative estimate of drug-likeness (QED) is 0.872. The summed E-state index contributed by atoms with van der Waals surface area (Å²) in [5.74, 6) is -0.116. The van der Waals surface area contributed by atoms with Gasteiger partial charge in [0.2, 0.25) is 0 Å². The first-order valence-electron chi connectivity index (χ1n) is 6.49. The number of hydrogen-bond donors (Lipinski definition) is 1. The Balaban J connectivity index is 2.14. The van der Waals surface area contributed by atoms with E-state index >= 15 is 0 Å². The van der Waals surface area contributed by atoms with E-state index in [-0.39, 0.29) is 12.0 Å². The molecule has 0 aliphatic rings. The van der Waals surface area contributed by atoms with Crippen LogP contribution in [0, 0.1) is 5.82 Å². The van der Waals surface area contributed by atoms with E-state index in [0.717, 1.165) is 0 Å². The van der Waals surface area contributed by atoms with Crippen LogP contribution in [0.4, 0.5) is 10.1 Å². The Bertz CT molecular complexity index is 658. The third-order valence-electron chi connectivity index (χ3n) is 2.65. The van der Waals surface area contributed by atoms with Crippen molar-refractivity contribution in [2.75, 3.05) is 5.32 Å². The summed E-state index contributed by atoms with van der Waals surface area (Å²) in [6.45, 7) is 3.83. The second kappa shape index (κ2) is 6.72. The van der Waals surface area contributed by atoms with Crippen LogP contribution in [0.15, 0.2) is 46.9 Å². The summed E-state index contributed by atoms with van der Waals surface area (Å²) in [5, 5.41) is 2.65. The number of halogens is 2. The van der Waals surface area contributed by atoms with Crippen LogP contribution in [0.1, 0.15) is 24.2 Å². The number of anilines is 1. The SMILES string of the molecule is CC(C)Oc1cccc(C(=O)Nc2ccc(Br)c(F)c2)c1. The van der Waals surface area contributed by atoms with Crippen LogP contribution in [-0.2, 0) is 0 Å². The van der Waals surface area contributed by atoms with Gasteiger partial charge in [-0.15, -0.1) is 0 Å². The van der Waals surface area contributed by atoms with Gasteiger partial charge in [-0.1, -0.05) is 6.07 Å². The fourth-order valence-electron chi connectivity index (χ4n) is 1.76. The van der Waals surface area contributed by atoms with Crippen molar-refractivity contribution in [3.05, 3.63) is 58.3 Å². The lowest BCUT2D eigenvalue weighted by Crippen LogP contribution is -2.13. The minimum absolute atomic E-state index is 0.0314.